The van der Waals surface area contributed by atoms with Crippen LogP contribution >= 0.6 is 0 Å². The summed E-state index contributed by atoms with van der Waals surface area (Å²) in [5, 5.41) is 0. The number of halogens is 2. The predicted molar refractivity (Wildman–Crippen MR) is 84.9 cm³/mol. The van der Waals surface area contributed by atoms with E-state index in [1.165, 1.54) is 27.8 Å². The fraction of sp³-hybridized carbons (Fsp3) is 0.200. The first kappa shape index (κ1) is 20.4. The Balaban J connectivity index is 0.000000882. The number of fused-ring (bicyclic) bond motifs is 3. The maximum atomic E-state index is 2.33. The van der Waals surface area contributed by atoms with E-state index >= 15 is 0 Å². The van der Waals surface area contributed by atoms with Gasteiger partial charge in [-0.1, -0.05) is 60.7 Å². The van der Waals surface area contributed by atoms with Crippen LogP contribution in [0.5, 0.6) is 0 Å². The number of hydrogen-bond acceptors (Lipinski definition) is 0. The zero-order valence-electron chi connectivity index (χ0n) is 13.0. The second kappa shape index (κ2) is 8.47. The molecule has 0 spiro atoms. The van der Waals surface area contributed by atoms with Gasteiger partial charge in [0, 0.05) is 0 Å². The fourth-order valence-electron chi connectivity index (χ4n) is 3.55. The molecular formula is C20H18Cl2Zr. The third-order valence-corrected chi connectivity index (χ3v) is 4.56. The van der Waals surface area contributed by atoms with Gasteiger partial charge >= 0.3 is 26.2 Å². The van der Waals surface area contributed by atoms with E-state index in [4.69, 9.17) is 0 Å². The van der Waals surface area contributed by atoms with Crippen LogP contribution in [0.4, 0.5) is 0 Å². The zero-order chi connectivity index (χ0) is 13.5. The van der Waals surface area contributed by atoms with E-state index < -0.39 is 0 Å². The maximum Gasteiger partial charge on any atom is 2.00 e. The molecule has 2 aromatic rings. The van der Waals surface area contributed by atoms with Gasteiger partial charge in [-0.2, -0.15) is 0 Å². The van der Waals surface area contributed by atoms with Crippen LogP contribution in [0.2, 0.25) is 0 Å². The molecule has 116 valence electrons. The fourth-order valence-corrected chi connectivity index (χ4v) is 3.55. The molecule has 0 saturated carbocycles. The molecule has 0 amide bonds. The number of allylic oxidation sites excluding steroid dienone is 4. The van der Waals surface area contributed by atoms with Crippen molar-refractivity contribution in [3.05, 3.63) is 83.0 Å². The van der Waals surface area contributed by atoms with Crippen LogP contribution in [-0.2, 0) is 39.0 Å². The van der Waals surface area contributed by atoms with Crippen LogP contribution in [0, 0.1) is 12.8 Å². The summed E-state index contributed by atoms with van der Waals surface area (Å²) in [6.07, 6.45) is 11.1. The van der Waals surface area contributed by atoms with Crippen LogP contribution in [-0.4, -0.2) is 0 Å². The van der Waals surface area contributed by atoms with E-state index in [-0.39, 0.29) is 51.0 Å². The first-order valence-corrected chi connectivity index (χ1v) is 7.37. The molecule has 0 unspecified atom stereocenters. The minimum atomic E-state index is 0. The van der Waals surface area contributed by atoms with Crippen molar-refractivity contribution >= 4 is 0 Å². The molecule has 0 aliphatic heterocycles. The standard InChI is InChI=1S/C20H18.2ClH.Zr/c1-14-10-11-17(12-15-6-2-3-7-15)19-13-16-8-4-5-9-18(16)20(14)19;;;/h2-11,15H,12-13H2,1H3;2*1H;/q;;;+2/p-2. The molecule has 2 aliphatic carbocycles. The molecule has 0 fully saturated rings. The summed E-state index contributed by atoms with van der Waals surface area (Å²) in [4.78, 5) is 0. The van der Waals surface area contributed by atoms with E-state index in [1.807, 2.05) is 0 Å². The molecule has 23 heavy (non-hydrogen) atoms. The van der Waals surface area contributed by atoms with Crippen molar-refractivity contribution < 1.29 is 51.0 Å². The molecule has 0 atom stereocenters. The first-order valence-electron chi connectivity index (χ1n) is 7.37. The smallest absolute Gasteiger partial charge is 1.00 e. The largest absolute Gasteiger partial charge is 2.00 e. The van der Waals surface area contributed by atoms with Crippen molar-refractivity contribution in [3.8, 4) is 11.1 Å². The van der Waals surface area contributed by atoms with Gasteiger partial charge < -0.3 is 24.8 Å². The molecule has 0 heterocycles. The van der Waals surface area contributed by atoms with E-state index in [1.54, 1.807) is 5.56 Å². The molecule has 0 nitrogen and oxygen atoms in total. The van der Waals surface area contributed by atoms with E-state index in [9.17, 15) is 0 Å². The Labute approximate surface area is 170 Å². The summed E-state index contributed by atoms with van der Waals surface area (Å²) in [5.41, 5.74) is 8.90. The summed E-state index contributed by atoms with van der Waals surface area (Å²) in [7, 11) is 0. The third kappa shape index (κ3) is 3.73. The molecule has 2 aliphatic rings. The van der Waals surface area contributed by atoms with Gasteiger partial charge in [-0.05, 0) is 59.1 Å². The van der Waals surface area contributed by atoms with Crippen molar-refractivity contribution in [2.24, 2.45) is 5.92 Å². The van der Waals surface area contributed by atoms with Crippen molar-refractivity contribution in [2.75, 3.05) is 0 Å². The summed E-state index contributed by atoms with van der Waals surface area (Å²) in [6.45, 7) is 2.24. The summed E-state index contributed by atoms with van der Waals surface area (Å²) in [6, 6.07) is 13.5. The Morgan fingerprint density at radius 2 is 1.65 bits per heavy atom. The molecule has 0 bridgehead atoms. The molecule has 0 radical (unpaired) electrons. The maximum absolute atomic E-state index is 2.33. The monoisotopic (exact) mass is 418 g/mol. The van der Waals surface area contributed by atoms with Crippen molar-refractivity contribution in [3.63, 3.8) is 0 Å². The normalized spacial score (nSPS) is 13.6. The molecule has 3 heteroatoms. The Morgan fingerprint density at radius 3 is 2.39 bits per heavy atom. The van der Waals surface area contributed by atoms with Crippen LogP contribution in [0.15, 0.2) is 60.7 Å². The second-order valence-corrected chi connectivity index (χ2v) is 5.87. The molecule has 4 rings (SSSR count). The van der Waals surface area contributed by atoms with E-state index in [0.29, 0.717) is 5.92 Å². The first-order chi connectivity index (χ1) is 9.83. The Hall–Kier alpha value is -0.617. The van der Waals surface area contributed by atoms with Gasteiger partial charge in [-0.25, -0.2) is 0 Å². The van der Waals surface area contributed by atoms with Crippen LogP contribution in [0.1, 0.15) is 22.3 Å². The molecule has 0 aromatic heterocycles. The Morgan fingerprint density at radius 1 is 0.957 bits per heavy atom. The van der Waals surface area contributed by atoms with Gasteiger partial charge in [-0.15, -0.1) is 0 Å². The summed E-state index contributed by atoms with van der Waals surface area (Å²) in [5.74, 6) is 0.575. The van der Waals surface area contributed by atoms with Gasteiger partial charge in [0.1, 0.15) is 0 Å². The van der Waals surface area contributed by atoms with Gasteiger partial charge in [0.2, 0.25) is 0 Å². The van der Waals surface area contributed by atoms with Gasteiger partial charge in [0.15, 0.2) is 0 Å². The number of hydrogen-bond donors (Lipinski definition) is 0. The summed E-state index contributed by atoms with van der Waals surface area (Å²) >= 11 is 0. The van der Waals surface area contributed by atoms with Gasteiger partial charge in [-0.3, -0.25) is 0 Å². The Bertz CT molecular complexity index is 735. The average Bonchev–Trinajstić information content (AvgIpc) is 3.09. The molecule has 0 saturated heterocycles. The van der Waals surface area contributed by atoms with E-state index in [0.717, 1.165) is 12.8 Å². The van der Waals surface area contributed by atoms with Crippen LogP contribution in [0.25, 0.3) is 11.1 Å². The molecule has 0 N–H and O–H groups in total. The quantitative estimate of drug-likeness (QED) is 0.492. The number of rotatable bonds is 2. The van der Waals surface area contributed by atoms with Crippen molar-refractivity contribution in [1.82, 2.24) is 0 Å². The number of aryl methyl sites for hydroxylation is 1. The third-order valence-electron chi connectivity index (χ3n) is 4.56. The molecular weight excluding hydrogens is 402 g/mol. The average molecular weight is 420 g/mol. The SMILES string of the molecule is Cc1ccc(CC2C=CC=C2)c2c1-c1ccccc1C2.[Cl-].[Cl-].[Zr+2]. The minimum absolute atomic E-state index is 0. The second-order valence-electron chi connectivity index (χ2n) is 5.87. The van der Waals surface area contributed by atoms with Crippen LogP contribution < -0.4 is 24.8 Å². The topological polar surface area (TPSA) is 0 Å². The summed E-state index contributed by atoms with van der Waals surface area (Å²) < 4.78 is 0. The minimum Gasteiger partial charge on any atom is -1.00 e. The molecule has 2 aromatic carbocycles. The van der Waals surface area contributed by atoms with E-state index in [2.05, 4.69) is 67.6 Å². The van der Waals surface area contributed by atoms with Crippen LogP contribution in [0.3, 0.4) is 0 Å². The van der Waals surface area contributed by atoms with Gasteiger partial charge in [0.05, 0.1) is 0 Å². The van der Waals surface area contributed by atoms with Crippen molar-refractivity contribution in [1.29, 1.82) is 0 Å². The number of benzene rings is 2. The Kier molecular flexibility index (Phi) is 7.52. The van der Waals surface area contributed by atoms with Crippen molar-refractivity contribution in [2.45, 2.75) is 19.8 Å². The zero-order valence-corrected chi connectivity index (χ0v) is 17.0. The van der Waals surface area contributed by atoms with Gasteiger partial charge in [0.25, 0.3) is 0 Å². The predicted octanol–water partition coefficient (Wildman–Crippen LogP) is -1.14.